The third kappa shape index (κ3) is 4.39. The van der Waals surface area contributed by atoms with E-state index in [1.54, 1.807) is 23.6 Å². The van der Waals surface area contributed by atoms with Gasteiger partial charge in [0, 0.05) is 35.0 Å². The SMILES string of the molecule is O=C(Nc1nc(-c2ccccc2Cl)cs1)C1CCN(S(=O)(=O)c2cccs2)CC1. The highest BCUT2D eigenvalue weighted by atomic mass is 35.5. The first-order valence-corrected chi connectivity index (χ1v) is 12.6. The Morgan fingerprint density at radius 2 is 1.90 bits per heavy atom. The lowest BCUT2D eigenvalue weighted by atomic mass is 9.97. The Morgan fingerprint density at radius 1 is 1.14 bits per heavy atom. The molecule has 3 aromatic rings. The molecule has 1 aromatic carbocycles. The van der Waals surface area contributed by atoms with E-state index in [4.69, 9.17) is 11.6 Å². The Kier molecular flexibility index (Phi) is 6.03. The minimum atomic E-state index is -3.46. The number of carbonyl (C=O) groups excluding carboxylic acids is 1. The maximum Gasteiger partial charge on any atom is 0.252 e. The molecule has 0 atom stereocenters. The second kappa shape index (κ2) is 8.53. The molecule has 1 aliphatic heterocycles. The number of anilines is 1. The standard InChI is InChI=1S/C19H18ClN3O3S3/c20-15-5-2-1-4-14(15)16-12-28-19(21-16)22-18(24)13-7-9-23(10-8-13)29(25,26)17-6-3-11-27-17/h1-6,11-13H,7-10H2,(H,21,22,24). The van der Waals surface area contributed by atoms with E-state index in [1.807, 2.05) is 23.6 Å². The smallest absolute Gasteiger partial charge is 0.252 e. The van der Waals surface area contributed by atoms with Gasteiger partial charge in [-0.2, -0.15) is 4.31 Å². The molecule has 1 fully saturated rings. The van der Waals surface area contributed by atoms with Gasteiger partial charge in [-0.1, -0.05) is 35.9 Å². The molecule has 0 unspecified atom stereocenters. The Balaban J connectivity index is 1.37. The highest BCUT2D eigenvalue weighted by molar-refractivity contribution is 7.91. The van der Waals surface area contributed by atoms with Crippen LogP contribution in [0.25, 0.3) is 11.3 Å². The van der Waals surface area contributed by atoms with Crippen LogP contribution >= 0.6 is 34.3 Å². The van der Waals surface area contributed by atoms with E-state index in [9.17, 15) is 13.2 Å². The average Bonchev–Trinajstić information content (AvgIpc) is 3.41. The summed E-state index contributed by atoms with van der Waals surface area (Å²) in [7, 11) is -3.46. The van der Waals surface area contributed by atoms with Crippen molar-refractivity contribution < 1.29 is 13.2 Å². The Morgan fingerprint density at radius 3 is 2.59 bits per heavy atom. The van der Waals surface area contributed by atoms with Crippen LogP contribution in [0, 0.1) is 5.92 Å². The number of halogens is 1. The van der Waals surface area contributed by atoms with E-state index < -0.39 is 10.0 Å². The number of nitrogens with zero attached hydrogens (tertiary/aromatic N) is 2. The second-order valence-corrected chi connectivity index (χ2v) is 11.0. The van der Waals surface area contributed by atoms with Crippen molar-refractivity contribution in [2.45, 2.75) is 17.1 Å². The van der Waals surface area contributed by atoms with Crippen molar-refractivity contribution >= 4 is 55.3 Å². The number of nitrogens with one attached hydrogen (secondary N) is 1. The number of hydrogen-bond acceptors (Lipinski definition) is 6. The maximum absolute atomic E-state index is 12.6. The van der Waals surface area contributed by atoms with Crippen molar-refractivity contribution in [1.82, 2.24) is 9.29 Å². The minimum absolute atomic E-state index is 0.127. The first kappa shape index (κ1) is 20.5. The number of sulfonamides is 1. The second-order valence-electron chi connectivity index (χ2n) is 6.62. The molecule has 2 aromatic heterocycles. The fourth-order valence-corrected chi connectivity index (χ4v) is 6.79. The van der Waals surface area contributed by atoms with E-state index in [1.165, 1.54) is 27.0 Å². The normalized spacial score (nSPS) is 16.0. The van der Waals surface area contributed by atoms with Gasteiger partial charge in [0.15, 0.2) is 5.13 Å². The molecule has 0 saturated carbocycles. The molecule has 1 amide bonds. The van der Waals surface area contributed by atoms with E-state index in [0.717, 1.165) is 5.56 Å². The predicted molar refractivity (Wildman–Crippen MR) is 117 cm³/mol. The Labute approximate surface area is 182 Å². The van der Waals surface area contributed by atoms with Gasteiger partial charge in [-0.25, -0.2) is 13.4 Å². The summed E-state index contributed by atoms with van der Waals surface area (Å²) in [5, 5.41) is 7.58. The summed E-state index contributed by atoms with van der Waals surface area (Å²) in [6.45, 7) is 0.669. The van der Waals surface area contributed by atoms with Gasteiger partial charge in [0.25, 0.3) is 10.0 Å². The van der Waals surface area contributed by atoms with Crippen molar-refractivity contribution in [3.63, 3.8) is 0 Å². The van der Waals surface area contributed by atoms with Gasteiger partial charge in [-0.3, -0.25) is 4.79 Å². The summed E-state index contributed by atoms with van der Waals surface area (Å²) < 4.78 is 27.0. The van der Waals surface area contributed by atoms with Crippen LogP contribution in [0.4, 0.5) is 5.13 Å². The number of amides is 1. The molecular formula is C19H18ClN3O3S3. The van der Waals surface area contributed by atoms with Crippen LogP contribution in [0.3, 0.4) is 0 Å². The molecule has 1 aliphatic rings. The number of benzene rings is 1. The van der Waals surface area contributed by atoms with Crippen molar-refractivity contribution in [3.05, 3.63) is 52.2 Å². The topological polar surface area (TPSA) is 79.4 Å². The molecule has 152 valence electrons. The number of carbonyl (C=O) groups is 1. The summed E-state index contributed by atoms with van der Waals surface area (Å²) >= 11 is 8.76. The zero-order chi connectivity index (χ0) is 20.4. The first-order chi connectivity index (χ1) is 13.9. The fourth-order valence-electron chi connectivity index (χ4n) is 3.23. The molecule has 0 spiro atoms. The third-order valence-corrected chi connectivity index (χ3v) is 9.16. The van der Waals surface area contributed by atoms with Crippen LogP contribution in [0.2, 0.25) is 5.02 Å². The largest absolute Gasteiger partial charge is 0.302 e. The van der Waals surface area contributed by atoms with Gasteiger partial charge in [0.2, 0.25) is 5.91 Å². The quantitative estimate of drug-likeness (QED) is 0.596. The van der Waals surface area contributed by atoms with Crippen LogP contribution in [0.1, 0.15) is 12.8 Å². The van der Waals surface area contributed by atoms with Crippen molar-refractivity contribution in [2.75, 3.05) is 18.4 Å². The van der Waals surface area contributed by atoms with E-state index in [-0.39, 0.29) is 11.8 Å². The Bertz CT molecular complexity index is 1100. The molecule has 0 radical (unpaired) electrons. The summed E-state index contributed by atoms with van der Waals surface area (Å²) in [5.74, 6) is -0.365. The van der Waals surface area contributed by atoms with Gasteiger partial charge in [-0.15, -0.1) is 22.7 Å². The molecule has 4 rings (SSSR count). The average molecular weight is 468 g/mol. The third-order valence-electron chi connectivity index (χ3n) is 4.80. The summed E-state index contributed by atoms with van der Waals surface area (Å²) in [4.78, 5) is 17.1. The van der Waals surface area contributed by atoms with Crippen LogP contribution < -0.4 is 5.32 Å². The van der Waals surface area contributed by atoms with Crippen LogP contribution in [0.15, 0.2) is 51.4 Å². The molecule has 3 heterocycles. The van der Waals surface area contributed by atoms with E-state index >= 15 is 0 Å². The molecule has 29 heavy (non-hydrogen) atoms. The maximum atomic E-state index is 12.6. The van der Waals surface area contributed by atoms with Gasteiger partial charge >= 0.3 is 0 Å². The number of thiazole rings is 1. The van der Waals surface area contributed by atoms with Crippen LogP contribution in [-0.4, -0.2) is 36.7 Å². The molecular weight excluding hydrogens is 450 g/mol. The first-order valence-electron chi connectivity index (χ1n) is 9.00. The lowest BCUT2D eigenvalue weighted by Crippen LogP contribution is -2.41. The van der Waals surface area contributed by atoms with Crippen molar-refractivity contribution in [2.24, 2.45) is 5.92 Å². The number of rotatable bonds is 5. The number of piperidine rings is 1. The zero-order valence-corrected chi connectivity index (χ0v) is 18.5. The molecule has 0 bridgehead atoms. The summed E-state index contributed by atoms with van der Waals surface area (Å²) in [6.07, 6.45) is 0.971. The van der Waals surface area contributed by atoms with E-state index in [0.29, 0.717) is 46.0 Å². The van der Waals surface area contributed by atoms with Crippen LogP contribution in [0.5, 0.6) is 0 Å². The highest BCUT2D eigenvalue weighted by Gasteiger charge is 2.32. The van der Waals surface area contributed by atoms with Crippen molar-refractivity contribution in [1.29, 1.82) is 0 Å². The van der Waals surface area contributed by atoms with E-state index in [2.05, 4.69) is 10.3 Å². The molecule has 6 nitrogen and oxygen atoms in total. The zero-order valence-electron chi connectivity index (χ0n) is 15.2. The number of aromatic nitrogens is 1. The molecule has 1 N–H and O–H groups in total. The molecule has 1 saturated heterocycles. The number of thiophene rings is 1. The predicted octanol–water partition coefficient (Wildman–Crippen LogP) is 4.56. The summed E-state index contributed by atoms with van der Waals surface area (Å²) in [6, 6.07) is 10.8. The fraction of sp³-hybridized carbons (Fsp3) is 0.263. The van der Waals surface area contributed by atoms with Crippen molar-refractivity contribution in [3.8, 4) is 11.3 Å². The van der Waals surface area contributed by atoms with Gasteiger partial charge in [-0.05, 0) is 30.4 Å². The van der Waals surface area contributed by atoms with Gasteiger partial charge in [0.05, 0.1) is 5.69 Å². The monoisotopic (exact) mass is 467 g/mol. The van der Waals surface area contributed by atoms with Gasteiger partial charge in [0.1, 0.15) is 4.21 Å². The minimum Gasteiger partial charge on any atom is -0.302 e. The van der Waals surface area contributed by atoms with Crippen LogP contribution in [-0.2, 0) is 14.8 Å². The molecule has 10 heteroatoms. The van der Waals surface area contributed by atoms with Gasteiger partial charge < -0.3 is 5.32 Å². The summed E-state index contributed by atoms with van der Waals surface area (Å²) in [5.41, 5.74) is 1.53. The Hall–Kier alpha value is -1.78. The number of hydrogen-bond donors (Lipinski definition) is 1. The lowest BCUT2D eigenvalue weighted by molar-refractivity contribution is -0.120. The lowest BCUT2D eigenvalue weighted by Gasteiger charge is -2.29. The highest BCUT2D eigenvalue weighted by Crippen LogP contribution is 2.31. The molecule has 0 aliphatic carbocycles.